The fourth-order valence-electron chi connectivity index (χ4n) is 7.63. The number of amides is 2. The van der Waals surface area contributed by atoms with Gasteiger partial charge in [0.25, 0.3) is 5.91 Å². The van der Waals surface area contributed by atoms with Crippen molar-refractivity contribution in [3.63, 3.8) is 0 Å². The number of ether oxygens (including phenoxy) is 1. The van der Waals surface area contributed by atoms with E-state index in [4.69, 9.17) is 4.74 Å². The fraction of sp³-hybridized carbons (Fsp3) is 0.611. The van der Waals surface area contributed by atoms with Gasteiger partial charge in [0.05, 0.1) is 6.61 Å². The molecule has 5 aliphatic rings. The molecule has 8 nitrogen and oxygen atoms in total. The van der Waals surface area contributed by atoms with Gasteiger partial charge in [0.1, 0.15) is 5.75 Å². The number of piperidine rings is 1. The Kier molecular flexibility index (Phi) is 10.2. The second-order valence-corrected chi connectivity index (χ2v) is 13.8. The van der Waals surface area contributed by atoms with Crippen molar-refractivity contribution in [1.82, 2.24) is 24.9 Å². The number of nitrogens with one attached hydrogen (secondary N) is 1. The molecule has 7 rings (SSSR count). The van der Waals surface area contributed by atoms with Crippen LogP contribution < -0.4 is 10.1 Å². The first-order chi connectivity index (χ1) is 21.4. The standard InChI is InChI=1S/C36H51N5O3/c1-38(2)16-3-23-44-33-12-6-28(7-13-33)25-39-17-14-30(15-18-39)36(43)41-21-19-40(20-22-41)26-27-4-8-29(9-5-27)35(42)37-34-31-10-11-32(34)24-31/h4-9,12-13,30-32,34H,3,10-11,14-26H2,1-2H3,(H,37,42). The number of hydrogen-bond acceptors (Lipinski definition) is 6. The molecule has 2 bridgehead atoms. The lowest BCUT2D eigenvalue weighted by molar-refractivity contribution is -0.139. The van der Waals surface area contributed by atoms with Crippen LogP contribution in [0.4, 0.5) is 0 Å². The molecule has 2 amide bonds. The lowest BCUT2D eigenvalue weighted by atomic mass is 9.78. The molecule has 44 heavy (non-hydrogen) atoms. The van der Waals surface area contributed by atoms with E-state index < -0.39 is 0 Å². The maximum absolute atomic E-state index is 13.3. The Labute approximate surface area is 263 Å². The summed E-state index contributed by atoms with van der Waals surface area (Å²) in [4.78, 5) is 35.2. The normalized spacial score (nSPS) is 24.3. The zero-order valence-corrected chi connectivity index (χ0v) is 26.8. The maximum Gasteiger partial charge on any atom is 0.251 e. The van der Waals surface area contributed by atoms with Crippen LogP contribution in [0.25, 0.3) is 0 Å². The summed E-state index contributed by atoms with van der Waals surface area (Å²) in [5.41, 5.74) is 3.28. The van der Waals surface area contributed by atoms with Gasteiger partial charge in [-0.2, -0.15) is 0 Å². The Morgan fingerprint density at radius 3 is 1.98 bits per heavy atom. The van der Waals surface area contributed by atoms with Crippen molar-refractivity contribution in [3.8, 4) is 5.75 Å². The average Bonchev–Trinajstić information content (AvgIpc) is 3.69. The first kappa shape index (κ1) is 31.1. The second-order valence-electron chi connectivity index (χ2n) is 13.8. The van der Waals surface area contributed by atoms with Gasteiger partial charge in [-0.05, 0) is 113 Å². The number of fused-ring (bicyclic) bond motifs is 1. The van der Waals surface area contributed by atoms with E-state index in [0.717, 1.165) is 96.1 Å². The lowest BCUT2D eigenvalue weighted by Gasteiger charge is -2.38. The van der Waals surface area contributed by atoms with Gasteiger partial charge in [-0.25, -0.2) is 0 Å². The summed E-state index contributed by atoms with van der Waals surface area (Å²) >= 11 is 0. The van der Waals surface area contributed by atoms with Crippen LogP contribution >= 0.6 is 0 Å². The minimum Gasteiger partial charge on any atom is -0.494 e. The summed E-state index contributed by atoms with van der Waals surface area (Å²) in [6, 6.07) is 17.0. The monoisotopic (exact) mass is 601 g/mol. The summed E-state index contributed by atoms with van der Waals surface area (Å²) < 4.78 is 5.87. The molecule has 238 valence electrons. The Hall–Kier alpha value is -2.94. The first-order valence-electron chi connectivity index (χ1n) is 16.9. The highest BCUT2D eigenvalue weighted by atomic mass is 16.5. The Morgan fingerprint density at radius 2 is 1.39 bits per heavy atom. The molecule has 2 saturated heterocycles. The van der Waals surface area contributed by atoms with Gasteiger partial charge >= 0.3 is 0 Å². The van der Waals surface area contributed by atoms with Crippen molar-refractivity contribution in [2.24, 2.45) is 17.8 Å². The molecule has 2 atom stereocenters. The van der Waals surface area contributed by atoms with E-state index in [-0.39, 0.29) is 11.8 Å². The Morgan fingerprint density at radius 1 is 0.795 bits per heavy atom. The van der Waals surface area contributed by atoms with Crippen LogP contribution in [0, 0.1) is 17.8 Å². The molecular formula is C36H51N5O3. The third-order valence-corrected chi connectivity index (χ3v) is 10.4. The summed E-state index contributed by atoms with van der Waals surface area (Å²) in [6.07, 6.45) is 6.75. The zero-order chi connectivity index (χ0) is 30.5. The highest BCUT2D eigenvalue weighted by molar-refractivity contribution is 5.94. The van der Waals surface area contributed by atoms with E-state index in [1.54, 1.807) is 0 Å². The molecule has 3 aliphatic carbocycles. The third-order valence-electron chi connectivity index (χ3n) is 10.4. The van der Waals surface area contributed by atoms with Crippen molar-refractivity contribution < 1.29 is 14.3 Å². The number of rotatable bonds is 12. The summed E-state index contributed by atoms with van der Waals surface area (Å²) in [5, 5.41) is 3.27. The molecule has 3 saturated carbocycles. The minimum absolute atomic E-state index is 0.0713. The minimum atomic E-state index is 0.0713. The van der Waals surface area contributed by atoms with Crippen LogP contribution in [0.15, 0.2) is 48.5 Å². The summed E-state index contributed by atoms with van der Waals surface area (Å²) in [7, 11) is 4.17. The van der Waals surface area contributed by atoms with Crippen molar-refractivity contribution in [2.45, 2.75) is 57.7 Å². The van der Waals surface area contributed by atoms with Crippen LogP contribution in [0.3, 0.4) is 0 Å². The molecule has 1 N–H and O–H groups in total. The zero-order valence-electron chi connectivity index (χ0n) is 26.8. The number of carbonyl (C=O) groups is 2. The largest absolute Gasteiger partial charge is 0.494 e. The van der Waals surface area contributed by atoms with Gasteiger partial charge in [0.15, 0.2) is 0 Å². The number of carbonyl (C=O) groups excluding carboxylic acids is 2. The quantitative estimate of drug-likeness (QED) is 0.370. The van der Waals surface area contributed by atoms with E-state index in [1.165, 1.54) is 30.4 Å². The van der Waals surface area contributed by atoms with Gasteiger partial charge in [0.2, 0.25) is 5.91 Å². The smallest absolute Gasteiger partial charge is 0.251 e. The second kappa shape index (κ2) is 14.4. The van der Waals surface area contributed by atoms with Crippen LogP contribution in [-0.2, 0) is 17.9 Å². The fourth-order valence-corrected chi connectivity index (χ4v) is 7.63. The van der Waals surface area contributed by atoms with Crippen LogP contribution in [0.1, 0.15) is 60.0 Å². The van der Waals surface area contributed by atoms with Crippen molar-refractivity contribution in [3.05, 3.63) is 65.2 Å². The molecule has 8 heteroatoms. The maximum atomic E-state index is 13.3. The van der Waals surface area contributed by atoms with Crippen molar-refractivity contribution in [1.29, 1.82) is 0 Å². The van der Waals surface area contributed by atoms with Gasteiger partial charge in [-0.1, -0.05) is 24.3 Å². The van der Waals surface area contributed by atoms with Gasteiger partial charge in [0, 0.05) is 63.3 Å². The Balaban J connectivity index is 0.873. The van der Waals surface area contributed by atoms with Crippen molar-refractivity contribution >= 4 is 11.8 Å². The van der Waals surface area contributed by atoms with E-state index in [9.17, 15) is 9.59 Å². The topological polar surface area (TPSA) is 68.4 Å². The molecule has 2 aromatic rings. The number of nitrogens with zero attached hydrogens (tertiary/aromatic N) is 4. The van der Waals surface area contributed by atoms with E-state index in [1.807, 2.05) is 12.1 Å². The molecule has 0 spiro atoms. The van der Waals surface area contributed by atoms with E-state index in [0.29, 0.717) is 23.8 Å². The van der Waals surface area contributed by atoms with Crippen LogP contribution in [0.5, 0.6) is 5.75 Å². The molecule has 2 aromatic carbocycles. The molecule has 2 heterocycles. The van der Waals surface area contributed by atoms with Crippen LogP contribution in [0.2, 0.25) is 0 Å². The predicted octanol–water partition coefficient (Wildman–Crippen LogP) is 4.10. The predicted molar refractivity (Wildman–Crippen MR) is 173 cm³/mol. The molecule has 0 radical (unpaired) electrons. The Bertz CT molecular complexity index is 1220. The molecule has 2 aliphatic heterocycles. The summed E-state index contributed by atoms with van der Waals surface area (Å²) in [5.74, 6) is 2.91. The molecular weight excluding hydrogens is 550 g/mol. The molecule has 0 aromatic heterocycles. The van der Waals surface area contributed by atoms with Gasteiger partial charge in [-0.15, -0.1) is 0 Å². The number of hydrogen-bond donors (Lipinski definition) is 1. The third kappa shape index (κ3) is 7.82. The first-order valence-corrected chi connectivity index (χ1v) is 16.9. The van der Waals surface area contributed by atoms with E-state index in [2.05, 4.69) is 75.4 Å². The highest BCUT2D eigenvalue weighted by Gasteiger charge is 2.47. The van der Waals surface area contributed by atoms with E-state index >= 15 is 0 Å². The molecule has 2 unspecified atom stereocenters. The number of likely N-dealkylation sites (tertiary alicyclic amines) is 1. The number of benzene rings is 2. The highest BCUT2D eigenvalue weighted by Crippen LogP contribution is 2.48. The average molecular weight is 602 g/mol. The van der Waals surface area contributed by atoms with Crippen molar-refractivity contribution in [2.75, 3.05) is 66.5 Å². The molecule has 5 fully saturated rings. The van der Waals surface area contributed by atoms with Gasteiger partial charge in [-0.3, -0.25) is 19.4 Å². The van der Waals surface area contributed by atoms with Crippen LogP contribution in [-0.4, -0.2) is 104 Å². The summed E-state index contributed by atoms with van der Waals surface area (Å²) in [6.45, 7) is 8.88. The lowest BCUT2D eigenvalue weighted by Crippen LogP contribution is -2.51. The number of piperazine rings is 1. The SMILES string of the molecule is CN(C)CCCOc1ccc(CN2CCC(C(=O)N3CCN(Cc4ccc(C(=O)NC5C6CCC5C6)cc4)CC3)CC2)cc1. The van der Waals surface area contributed by atoms with Gasteiger partial charge < -0.3 is 19.9 Å².